The van der Waals surface area contributed by atoms with Crippen molar-refractivity contribution in [3.05, 3.63) is 100 Å². The third-order valence-corrected chi connectivity index (χ3v) is 4.79. The monoisotopic (exact) mass is 411 g/mol. The van der Waals surface area contributed by atoms with E-state index in [4.69, 9.17) is 0 Å². The van der Waals surface area contributed by atoms with Gasteiger partial charge >= 0.3 is 5.97 Å². The van der Waals surface area contributed by atoms with Crippen molar-refractivity contribution in [2.24, 2.45) is 0 Å². The van der Waals surface area contributed by atoms with Crippen molar-refractivity contribution in [3.8, 4) is 5.69 Å². The molecule has 0 bridgehead atoms. The fraction of sp³-hybridized carbons (Fsp3) is 0.0800. The number of hydrogen-bond donors (Lipinski definition) is 1. The highest BCUT2D eigenvalue weighted by molar-refractivity contribution is 5.94. The van der Waals surface area contributed by atoms with E-state index in [0.29, 0.717) is 22.4 Å². The van der Waals surface area contributed by atoms with Crippen LogP contribution >= 0.6 is 0 Å². The molecular formula is C25H21N3O3. The lowest BCUT2D eigenvalue weighted by Gasteiger charge is -2.19. The van der Waals surface area contributed by atoms with Gasteiger partial charge in [0.1, 0.15) is 5.82 Å². The van der Waals surface area contributed by atoms with Gasteiger partial charge in [-0.05, 0) is 43.3 Å². The van der Waals surface area contributed by atoms with Crippen LogP contribution in [-0.2, 0) is 9.53 Å². The van der Waals surface area contributed by atoms with Crippen LogP contribution in [0.1, 0.15) is 11.4 Å². The lowest BCUT2D eigenvalue weighted by Crippen LogP contribution is -2.14. The highest BCUT2D eigenvalue weighted by Crippen LogP contribution is 2.27. The molecule has 2 heterocycles. The number of aromatic nitrogens is 2. The number of carbonyl (C=O) groups excluding carboxylic acids is 1. The molecule has 0 atom stereocenters. The van der Waals surface area contributed by atoms with Crippen molar-refractivity contribution in [1.82, 2.24) is 9.55 Å². The first kappa shape index (κ1) is 20.1. The minimum absolute atomic E-state index is 0.197. The first-order chi connectivity index (χ1) is 15.1. The Kier molecular flexibility index (Phi) is 5.62. The van der Waals surface area contributed by atoms with Crippen LogP contribution in [0.5, 0.6) is 0 Å². The van der Waals surface area contributed by atoms with E-state index < -0.39 is 5.97 Å². The largest absolute Gasteiger partial charge is 0.466 e. The number of rotatable bonds is 5. The summed E-state index contributed by atoms with van der Waals surface area (Å²) in [6.45, 7) is 1.85. The van der Waals surface area contributed by atoms with E-state index in [1.807, 2.05) is 78.2 Å². The van der Waals surface area contributed by atoms with Gasteiger partial charge in [-0.2, -0.15) is 0 Å². The van der Waals surface area contributed by atoms with Crippen molar-refractivity contribution in [2.75, 3.05) is 12.4 Å². The van der Waals surface area contributed by atoms with Crippen molar-refractivity contribution in [2.45, 2.75) is 6.92 Å². The molecular weight excluding hydrogens is 390 g/mol. The van der Waals surface area contributed by atoms with Gasteiger partial charge in [0.2, 0.25) is 0 Å². The van der Waals surface area contributed by atoms with E-state index in [9.17, 15) is 9.59 Å². The van der Waals surface area contributed by atoms with Gasteiger partial charge < -0.3 is 10.1 Å². The Hall–Kier alpha value is -4.19. The average molecular weight is 411 g/mol. The summed E-state index contributed by atoms with van der Waals surface area (Å²) < 4.78 is 6.66. The van der Waals surface area contributed by atoms with Gasteiger partial charge in [-0.25, -0.2) is 4.79 Å². The molecule has 0 spiro atoms. The Morgan fingerprint density at radius 1 is 1.03 bits per heavy atom. The zero-order valence-corrected chi connectivity index (χ0v) is 17.2. The van der Waals surface area contributed by atoms with E-state index in [1.54, 1.807) is 6.07 Å². The van der Waals surface area contributed by atoms with E-state index >= 15 is 0 Å². The average Bonchev–Trinajstić information content (AvgIpc) is 2.78. The first-order valence-electron chi connectivity index (χ1n) is 9.78. The number of methoxy groups -OCH3 is 1. The van der Waals surface area contributed by atoms with Crippen LogP contribution in [-0.4, -0.2) is 22.6 Å². The SMILES string of the molecule is COC(=O)/C=C/c1nc(C)cc2c1c(=O)cc(Nc1ccccc1)n2-c1ccccc1. The number of para-hydroxylation sites is 2. The molecule has 0 radical (unpaired) electrons. The predicted molar refractivity (Wildman–Crippen MR) is 123 cm³/mol. The summed E-state index contributed by atoms with van der Waals surface area (Å²) in [5.41, 5.74) is 3.38. The summed E-state index contributed by atoms with van der Waals surface area (Å²) in [5.74, 6) is 0.116. The van der Waals surface area contributed by atoms with Crippen LogP contribution in [0.15, 0.2) is 83.7 Å². The molecule has 2 aromatic heterocycles. The number of esters is 1. The van der Waals surface area contributed by atoms with Gasteiger partial charge in [-0.3, -0.25) is 14.3 Å². The summed E-state index contributed by atoms with van der Waals surface area (Å²) in [7, 11) is 1.30. The molecule has 0 saturated heterocycles. The third kappa shape index (κ3) is 4.23. The topological polar surface area (TPSA) is 73.2 Å². The number of nitrogens with one attached hydrogen (secondary N) is 1. The molecule has 4 aromatic rings. The van der Waals surface area contributed by atoms with E-state index in [1.165, 1.54) is 19.3 Å². The van der Waals surface area contributed by atoms with Gasteiger partial charge in [0.25, 0.3) is 0 Å². The second-order valence-electron chi connectivity index (χ2n) is 6.96. The van der Waals surface area contributed by atoms with Gasteiger partial charge in [-0.1, -0.05) is 36.4 Å². The molecule has 0 aliphatic rings. The third-order valence-electron chi connectivity index (χ3n) is 4.79. The van der Waals surface area contributed by atoms with Crippen LogP contribution < -0.4 is 10.7 Å². The highest BCUT2D eigenvalue weighted by atomic mass is 16.5. The minimum atomic E-state index is -0.512. The van der Waals surface area contributed by atoms with Crippen LogP contribution in [0.4, 0.5) is 11.5 Å². The zero-order chi connectivity index (χ0) is 21.8. The fourth-order valence-corrected chi connectivity index (χ4v) is 3.45. The van der Waals surface area contributed by atoms with Gasteiger partial charge in [0.05, 0.1) is 23.7 Å². The van der Waals surface area contributed by atoms with Crippen LogP contribution in [0.3, 0.4) is 0 Å². The van der Waals surface area contributed by atoms with Crippen LogP contribution in [0, 0.1) is 6.92 Å². The second-order valence-corrected chi connectivity index (χ2v) is 6.96. The van der Waals surface area contributed by atoms with Crippen LogP contribution in [0.25, 0.3) is 22.7 Å². The summed E-state index contributed by atoms with van der Waals surface area (Å²) >= 11 is 0. The highest BCUT2D eigenvalue weighted by Gasteiger charge is 2.15. The lowest BCUT2D eigenvalue weighted by molar-refractivity contribution is -0.134. The number of benzene rings is 2. The van der Waals surface area contributed by atoms with E-state index in [-0.39, 0.29) is 5.43 Å². The molecule has 6 nitrogen and oxygen atoms in total. The molecule has 0 amide bonds. The number of aryl methyl sites for hydroxylation is 1. The van der Waals surface area contributed by atoms with Crippen molar-refractivity contribution >= 4 is 34.5 Å². The Bertz CT molecular complexity index is 1330. The van der Waals surface area contributed by atoms with E-state index in [2.05, 4.69) is 15.0 Å². The maximum atomic E-state index is 13.2. The van der Waals surface area contributed by atoms with Crippen molar-refractivity contribution in [1.29, 1.82) is 0 Å². The molecule has 0 aliphatic heterocycles. The quantitative estimate of drug-likeness (QED) is 0.383. The van der Waals surface area contributed by atoms with Gasteiger partial charge in [0.15, 0.2) is 5.43 Å². The van der Waals surface area contributed by atoms with Crippen molar-refractivity contribution in [3.63, 3.8) is 0 Å². The predicted octanol–water partition coefficient (Wildman–Crippen LogP) is 4.62. The Morgan fingerprint density at radius 2 is 1.71 bits per heavy atom. The lowest BCUT2D eigenvalue weighted by atomic mass is 10.1. The summed E-state index contributed by atoms with van der Waals surface area (Å²) in [4.78, 5) is 29.3. The normalized spacial score (nSPS) is 11.0. The molecule has 4 rings (SSSR count). The number of hydrogen-bond acceptors (Lipinski definition) is 5. The summed E-state index contributed by atoms with van der Waals surface area (Å²) in [5, 5.41) is 3.78. The standard InChI is InChI=1S/C25H21N3O3/c1-17-15-21-25(20(26-17)13-14-24(30)31-2)22(29)16-23(27-18-9-5-3-6-10-18)28(21)19-11-7-4-8-12-19/h3-16,27H,1-2H3/b14-13+. The molecule has 0 aliphatic carbocycles. The number of nitrogens with zero attached hydrogens (tertiary/aromatic N) is 2. The molecule has 31 heavy (non-hydrogen) atoms. The maximum absolute atomic E-state index is 13.2. The van der Waals surface area contributed by atoms with E-state index in [0.717, 1.165) is 17.1 Å². The number of carbonyl (C=O) groups is 1. The zero-order valence-electron chi connectivity index (χ0n) is 17.2. The molecule has 2 aromatic carbocycles. The molecule has 1 N–H and O–H groups in total. The van der Waals surface area contributed by atoms with Crippen molar-refractivity contribution < 1.29 is 9.53 Å². The summed E-state index contributed by atoms with van der Waals surface area (Å²) in [6, 6.07) is 22.9. The first-order valence-corrected chi connectivity index (χ1v) is 9.78. The number of fused-ring (bicyclic) bond motifs is 1. The maximum Gasteiger partial charge on any atom is 0.330 e. The molecule has 154 valence electrons. The molecule has 0 fully saturated rings. The summed E-state index contributed by atoms with van der Waals surface area (Å²) in [6.07, 6.45) is 2.78. The second kappa shape index (κ2) is 8.67. The Morgan fingerprint density at radius 3 is 2.39 bits per heavy atom. The van der Waals surface area contributed by atoms with Gasteiger partial charge in [-0.15, -0.1) is 0 Å². The minimum Gasteiger partial charge on any atom is -0.466 e. The molecule has 0 saturated carbocycles. The Labute approximate surface area is 179 Å². The molecule has 6 heteroatoms. The van der Waals surface area contributed by atoms with Gasteiger partial charge in [0, 0.05) is 29.2 Å². The smallest absolute Gasteiger partial charge is 0.330 e. The Balaban J connectivity index is 2.02. The number of anilines is 2. The van der Waals surface area contributed by atoms with Crippen LogP contribution in [0.2, 0.25) is 0 Å². The number of pyridine rings is 2. The number of ether oxygens (including phenoxy) is 1. The molecule has 0 unspecified atom stereocenters. The fourth-order valence-electron chi connectivity index (χ4n) is 3.45.